The first kappa shape index (κ1) is 12.6. The third kappa shape index (κ3) is 1.83. The third-order valence-corrected chi connectivity index (χ3v) is 5.50. The van der Waals surface area contributed by atoms with Gasteiger partial charge in [0.05, 0.1) is 12.2 Å². The van der Waals surface area contributed by atoms with Gasteiger partial charge in [-0.2, -0.15) is 0 Å². The van der Waals surface area contributed by atoms with Gasteiger partial charge >= 0.3 is 0 Å². The van der Waals surface area contributed by atoms with Crippen molar-refractivity contribution in [2.75, 3.05) is 6.54 Å². The van der Waals surface area contributed by atoms with E-state index in [-0.39, 0.29) is 6.04 Å². The summed E-state index contributed by atoms with van der Waals surface area (Å²) in [6.45, 7) is 5.20. The number of carbonyl (C=O) groups excluding carboxylic acids is 1. The van der Waals surface area contributed by atoms with Gasteiger partial charge in [-0.05, 0) is 37.6 Å². The lowest BCUT2D eigenvalue weighted by Gasteiger charge is -2.30. The minimum Gasteiger partial charge on any atom is -0.298 e. The highest BCUT2D eigenvalue weighted by Gasteiger charge is 2.53. The van der Waals surface area contributed by atoms with Crippen molar-refractivity contribution in [2.45, 2.75) is 70.6 Å². The van der Waals surface area contributed by atoms with Crippen LogP contribution in [0.2, 0.25) is 0 Å². The van der Waals surface area contributed by atoms with E-state index in [9.17, 15) is 4.79 Å². The van der Waals surface area contributed by atoms with Gasteiger partial charge in [-0.15, -0.1) is 0 Å². The molecular weight excluding hydrogens is 224 g/mol. The Kier molecular flexibility index (Phi) is 3.46. The molecule has 1 saturated carbocycles. The molecule has 0 amide bonds. The summed E-state index contributed by atoms with van der Waals surface area (Å²) < 4.78 is 0. The van der Waals surface area contributed by atoms with Crippen molar-refractivity contribution in [3.05, 3.63) is 0 Å². The van der Waals surface area contributed by atoms with Crippen LogP contribution in [0.15, 0.2) is 0 Å². The van der Waals surface area contributed by atoms with Crippen molar-refractivity contribution in [3.63, 3.8) is 0 Å². The molecule has 1 aliphatic carbocycles. The molecule has 3 rings (SSSR count). The van der Waals surface area contributed by atoms with Crippen LogP contribution in [0.1, 0.15) is 52.4 Å². The quantitative estimate of drug-likeness (QED) is 0.833. The smallest absolute Gasteiger partial charge is 0.149 e. The molecule has 0 aromatic rings. The molecule has 18 heavy (non-hydrogen) atoms. The van der Waals surface area contributed by atoms with Crippen molar-refractivity contribution in [1.82, 2.24) is 10.2 Å². The number of carbonyl (C=O) groups is 1. The van der Waals surface area contributed by atoms with Gasteiger partial charge in [-0.3, -0.25) is 15.0 Å². The summed E-state index contributed by atoms with van der Waals surface area (Å²) in [5.41, 5.74) is 0. The first-order valence-corrected chi connectivity index (χ1v) is 7.80. The molecule has 0 bridgehead atoms. The predicted molar refractivity (Wildman–Crippen MR) is 72.2 cm³/mol. The Hall–Kier alpha value is -0.410. The number of hydrogen-bond donors (Lipinski definition) is 1. The maximum absolute atomic E-state index is 12.1. The monoisotopic (exact) mass is 250 g/mol. The van der Waals surface area contributed by atoms with E-state index >= 15 is 0 Å². The Balaban J connectivity index is 1.78. The number of likely N-dealkylation sites (N-methyl/N-ethyl adjacent to an activating group) is 1. The van der Waals surface area contributed by atoms with Crippen molar-refractivity contribution < 1.29 is 4.79 Å². The van der Waals surface area contributed by atoms with E-state index < -0.39 is 0 Å². The Bertz CT molecular complexity index is 330. The summed E-state index contributed by atoms with van der Waals surface area (Å²) in [6.07, 6.45) is 7.80. The number of rotatable bonds is 3. The molecule has 3 fully saturated rings. The van der Waals surface area contributed by atoms with Gasteiger partial charge in [0.1, 0.15) is 5.78 Å². The van der Waals surface area contributed by atoms with Gasteiger partial charge < -0.3 is 0 Å². The Morgan fingerprint density at radius 1 is 1.22 bits per heavy atom. The normalized spacial score (nSPS) is 43.8. The highest BCUT2D eigenvalue weighted by molar-refractivity contribution is 5.84. The largest absolute Gasteiger partial charge is 0.298 e. The zero-order valence-corrected chi connectivity index (χ0v) is 11.7. The molecule has 2 heterocycles. The minimum absolute atomic E-state index is 0.199. The number of fused-ring (bicyclic) bond motifs is 3. The van der Waals surface area contributed by atoms with Crippen LogP contribution in [-0.4, -0.2) is 35.5 Å². The molecule has 5 unspecified atom stereocenters. The average Bonchev–Trinajstić information content (AvgIpc) is 2.93. The van der Waals surface area contributed by atoms with Crippen LogP contribution in [0.25, 0.3) is 0 Å². The maximum atomic E-state index is 12.1. The molecule has 3 nitrogen and oxygen atoms in total. The number of Topliss-reactive ketones (excluding diaryl/α,β-unsaturated/α-hetero) is 1. The van der Waals surface area contributed by atoms with Gasteiger partial charge in [-0.1, -0.05) is 26.7 Å². The van der Waals surface area contributed by atoms with Gasteiger partial charge in [0, 0.05) is 12.5 Å². The fraction of sp³-hybridized carbons (Fsp3) is 0.933. The number of hydrogen-bond acceptors (Lipinski definition) is 3. The summed E-state index contributed by atoms with van der Waals surface area (Å²) in [4.78, 5) is 14.5. The maximum Gasteiger partial charge on any atom is 0.149 e. The summed E-state index contributed by atoms with van der Waals surface area (Å²) in [5.74, 6) is 2.02. The molecule has 5 atom stereocenters. The topological polar surface area (TPSA) is 32.3 Å². The molecule has 0 radical (unpaired) electrons. The number of ketones is 1. The van der Waals surface area contributed by atoms with Crippen LogP contribution in [-0.2, 0) is 4.79 Å². The van der Waals surface area contributed by atoms with Gasteiger partial charge in [0.2, 0.25) is 0 Å². The van der Waals surface area contributed by atoms with E-state index in [0.717, 1.165) is 30.8 Å². The zero-order chi connectivity index (χ0) is 12.7. The molecule has 1 N–H and O–H groups in total. The molecular formula is C15H26N2O. The van der Waals surface area contributed by atoms with Crippen molar-refractivity contribution in [2.24, 2.45) is 11.8 Å². The zero-order valence-electron chi connectivity index (χ0n) is 11.7. The molecule has 3 heteroatoms. The highest BCUT2D eigenvalue weighted by atomic mass is 16.1. The van der Waals surface area contributed by atoms with Crippen LogP contribution >= 0.6 is 0 Å². The van der Waals surface area contributed by atoms with Crippen molar-refractivity contribution in [1.29, 1.82) is 0 Å². The van der Waals surface area contributed by atoms with Gasteiger partial charge in [0.15, 0.2) is 0 Å². The van der Waals surface area contributed by atoms with Crippen LogP contribution < -0.4 is 5.32 Å². The SMILES string of the molecule is CCC(=O)C1CC2C3CCCCC3NC2N1CC. The summed E-state index contributed by atoms with van der Waals surface area (Å²) in [7, 11) is 0. The van der Waals surface area contributed by atoms with Crippen LogP contribution in [0, 0.1) is 11.8 Å². The summed E-state index contributed by atoms with van der Waals surface area (Å²) >= 11 is 0. The van der Waals surface area contributed by atoms with E-state index in [1.807, 2.05) is 6.92 Å². The summed E-state index contributed by atoms with van der Waals surface area (Å²) in [5, 5.41) is 3.84. The van der Waals surface area contributed by atoms with Crippen molar-refractivity contribution >= 4 is 5.78 Å². The van der Waals surface area contributed by atoms with Crippen LogP contribution in [0.5, 0.6) is 0 Å². The Morgan fingerprint density at radius 3 is 2.72 bits per heavy atom. The Labute approximate surface area is 110 Å². The van der Waals surface area contributed by atoms with Crippen molar-refractivity contribution in [3.8, 4) is 0 Å². The average molecular weight is 250 g/mol. The van der Waals surface area contributed by atoms with Gasteiger partial charge in [0.25, 0.3) is 0 Å². The molecule has 0 spiro atoms. The van der Waals surface area contributed by atoms with Crippen LogP contribution in [0.3, 0.4) is 0 Å². The van der Waals surface area contributed by atoms with E-state index in [1.165, 1.54) is 25.7 Å². The molecule has 2 saturated heterocycles. The summed E-state index contributed by atoms with van der Waals surface area (Å²) in [6, 6.07) is 0.936. The Morgan fingerprint density at radius 2 is 2.00 bits per heavy atom. The third-order valence-electron chi connectivity index (χ3n) is 5.50. The molecule has 2 aliphatic heterocycles. The number of likely N-dealkylation sites (tertiary alicyclic amines) is 1. The molecule has 0 aromatic heterocycles. The lowest BCUT2D eigenvalue weighted by Crippen LogP contribution is -2.48. The fourth-order valence-electron chi connectivity index (χ4n) is 4.66. The minimum atomic E-state index is 0.199. The number of nitrogens with zero attached hydrogens (tertiary/aromatic N) is 1. The van der Waals surface area contributed by atoms with E-state index in [2.05, 4.69) is 17.1 Å². The molecule has 3 aliphatic rings. The molecule has 102 valence electrons. The lowest BCUT2D eigenvalue weighted by molar-refractivity contribution is -0.123. The predicted octanol–water partition coefficient (Wildman–Crippen LogP) is 2.16. The van der Waals surface area contributed by atoms with Crippen LogP contribution in [0.4, 0.5) is 0 Å². The first-order chi connectivity index (χ1) is 8.76. The highest BCUT2D eigenvalue weighted by Crippen LogP contribution is 2.45. The number of nitrogens with one attached hydrogen (secondary N) is 1. The standard InChI is InChI=1S/C15H26N2O/c1-3-14(18)13-9-11-10-7-5-6-8-12(10)16-15(11)17(13)4-2/h10-13,15-16H,3-9H2,1-2H3. The first-order valence-electron chi connectivity index (χ1n) is 7.80. The second-order valence-corrected chi connectivity index (χ2v) is 6.23. The second kappa shape index (κ2) is 4.93. The second-order valence-electron chi connectivity index (χ2n) is 6.23. The van der Waals surface area contributed by atoms with E-state index in [0.29, 0.717) is 18.4 Å². The van der Waals surface area contributed by atoms with E-state index in [4.69, 9.17) is 0 Å². The molecule has 0 aromatic carbocycles. The van der Waals surface area contributed by atoms with E-state index in [1.54, 1.807) is 0 Å². The lowest BCUT2D eigenvalue weighted by atomic mass is 9.78. The van der Waals surface area contributed by atoms with Gasteiger partial charge in [-0.25, -0.2) is 0 Å². The fourth-order valence-corrected chi connectivity index (χ4v) is 4.66.